The molecule has 0 bridgehead atoms. The van der Waals surface area contributed by atoms with E-state index in [1.54, 1.807) is 0 Å². The lowest BCUT2D eigenvalue weighted by Gasteiger charge is -2.20. The highest BCUT2D eigenvalue weighted by Gasteiger charge is 2.14. The number of halogens is 1. The molecule has 5 heteroatoms. The van der Waals surface area contributed by atoms with Gasteiger partial charge in [0.1, 0.15) is 11.5 Å². The normalized spacial score (nSPS) is 12.4. The fraction of sp³-hybridized carbons (Fsp3) is 0.389. The Morgan fingerprint density at radius 2 is 1.96 bits per heavy atom. The predicted octanol–water partition coefficient (Wildman–Crippen LogP) is 4.05. The molecule has 1 N–H and O–H groups in total. The van der Waals surface area contributed by atoms with E-state index in [-0.39, 0.29) is 11.9 Å². The van der Waals surface area contributed by atoms with Gasteiger partial charge in [-0.25, -0.2) is 0 Å². The average molecular weight is 379 g/mol. The van der Waals surface area contributed by atoms with Gasteiger partial charge >= 0.3 is 0 Å². The number of nitrogens with zero attached hydrogens (tertiary/aromatic N) is 1. The van der Waals surface area contributed by atoms with Crippen LogP contribution >= 0.6 is 15.9 Å². The summed E-state index contributed by atoms with van der Waals surface area (Å²) < 4.78 is 6.58. The fourth-order valence-electron chi connectivity index (χ4n) is 2.49. The van der Waals surface area contributed by atoms with E-state index in [4.69, 9.17) is 4.42 Å². The van der Waals surface area contributed by atoms with Crippen LogP contribution in [-0.2, 0) is 11.3 Å². The van der Waals surface area contributed by atoms with E-state index in [9.17, 15) is 4.79 Å². The van der Waals surface area contributed by atoms with Crippen molar-refractivity contribution in [1.29, 1.82) is 0 Å². The van der Waals surface area contributed by atoms with Gasteiger partial charge in [0.25, 0.3) is 0 Å². The third-order valence-electron chi connectivity index (χ3n) is 3.65. The van der Waals surface area contributed by atoms with E-state index in [2.05, 4.69) is 28.2 Å². The zero-order valence-electron chi connectivity index (χ0n) is 13.8. The van der Waals surface area contributed by atoms with Crippen molar-refractivity contribution in [2.75, 3.05) is 13.6 Å². The van der Waals surface area contributed by atoms with Gasteiger partial charge in [-0.15, -0.1) is 0 Å². The van der Waals surface area contributed by atoms with Crippen LogP contribution in [0, 0.1) is 6.92 Å². The number of amides is 1. The van der Waals surface area contributed by atoms with Crippen LogP contribution in [0.15, 0.2) is 45.3 Å². The van der Waals surface area contributed by atoms with Gasteiger partial charge in [0.05, 0.1) is 19.1 Å². The van der Waals surface area contributed by atoms with Gasteiger partial charge in [0, 0.05) is 4.47 Å². The van der Waals surface area contributed by atoms with Crippen molar-refractivity contribution in [2.24, 2.45) is 0 Å². The molecule has 4 nitrogen and oxygen atoms in total. The van der Waals surface area contributed by atoms with Crippen LogP contribution in [-0.4, -0.2) is 24.4 Å². The Hall–Kier alpha value is -1.59. The highest BCUT2D eigenvalue weighted by Crippen LogP contribution is 2.19. The molecule has 2 rings (SSSR count). The third-order valence-corrected chi connectivity index (χ3v) is 4.18. The maximum atomic E-state index is 12.3. The number of furan rings is 1. The van der Waals surface area contributed by atoms with Gasteiger partial charge in [-0.3, -0.25) is 9.69 Å². The van der Waals surface area contributed by atoms with Gasteiger partial charge < -0.3 is 9.73 Å². The first kappa shape index (κ1) is 17.8. The summed E-state index contributed by atoms with van der Waals surface area (Å²) in [4.78, 5) is 14.2. The highest BCUT2D eigenvalue weighted by atomic mass is 79.9. The van der Waals surface area contributed by atoms with Crippen molar-refractivity contribution in [3.05, 3.63) is 58.0 Å². The molecule has 2 aromatic rings. The SMILES string of the molecule is CCC(NC(=O)CN(C)Cc1ccc(C)o1)c1ccc(Br)cc1. The maximum Gasteiger partial charge on any atom is 0.234 e. The van der Waals surface area contributed by atoms with Crippen LogP contribution in [0.1, 0.15) is 36.5 Å². The van der Waals surface area contributed by atoms with E-state index >= 15 is 0 Å². The molecule has 1 unspecified atom stereocenters. The predicted molar refractivity (Wildman–Crippen MR) is 95.1 cm³/mol. The summed E-state index contributed by atoms with van der Waals surface area (Å²) in [6.45, 7) is 4.95. The molecule has 1 atom stereocenters. The molecule has 0 aliphatic carbocycles. The molecule has 0 radical (unpaired) electrons. The summed E-state index contributed by atoms with van der Waals surface area (Å²) >= 11 is 3.43. The highest BCUT2D eigenvalue weighted by molar-refractivity contribution is 9.10. The Balaban J connectivity index is 1.88. The number of aryl methyl sites for hydroxylation is 1. The van der Waals surface area contributed by atoms with E-state index < -0.39 is 0 Å². The minimum atomic E-state index is 0.0190. The first-order chi connectivity index (χ1) is 11.0. The molecule has 0 saturated heterocycles. The first-order valence-corrected chi connectivity index (χ1v) is 8.56. The van der Waals surface area contributed by atoms with Crippen molar-refractivity contribution in [3.8, 4) is 0 Å². The second-order valence-corrected chi connectivity index (χ2v) is 6.68. The van der Waals surface area contributed by atoms with Crippen LogP contribution < -0.4 is 5.32 Å². The van der Waals surface area contributed by atoms with Gasteiger partial charge in [-0.2, -0.15) is 0 Å². The topological polar surface area (TPSA) is 45.5 Å². The third kappa shape index (κ3) is 5.52. The van der Waals surface area contributed by atoms with Gasteiger partial charge in [0.2, 0.25) is 5.91 Å². The van der Waals surface area contributed by atoms with Crippen molar-refractivity contribution >= 4 is 21.8 Å². The average Bonchev–Trinajstić information content (AvgIpc) is 2.90. The van der Waals surface area contributed by atoms with Crippen molar-refractivity contribution in [2.45, 2.75) is 32.9 Å². The number of carbonyl (C=O) groups excluding carboxylic acids is 1. The fourth-order valence-corrected chi connectivity index (χ4v) is 2.76. The van der Waals surface area contributed by atoms with Gasteiger partial charge in [-0.1, -0.05) is 35.0 Å². The smallest absolute Gasteiger partial charge is 0.234 e. The lowest BCUT2D eigenvalue weighted by molar-refractivity contribution is -0.122. The van der Waals surface area contributed by atoms with E-state index in [0.29, 0.717) is 13.1 Å². The Morgan fingerprint density at radius 3 is 2.52 bits per heavy atom. The second kappa shape index (κ2) is 8.31. The lowest BCUT2D eigenvalue weighted by atomic mass is 10.0. The molecular formula is C18H23BrN2O2. The first-order valence-electron chi connectivity index (χ1n) is 7.76. The van der Waals surface area contributed by atoms with Gasteiger partial charge in [-0.05, 0) is 50.2 Å². The van der Waals surface area contributed by atoms with Crippen LogP contribution in [0.5, 0.6) is 0 Å². The summed E-state index contributed by atoms with van der Waals surface area (Å²) in [5, 5.41) is 3.10. The molecule has 0 aliphatic heterocycles. The number of nitrogens with one attached hydrogen (secondary N) is 1. The Morgan fingerprint density at radius 1 is 1.26 bits per heavy atom. The Bertz CT molecular complexity index is 637. The maximum absolute atomic E-state index is 12.3. The van der Waals surface area contributed by atoms with Crippen LogP contribution in [0.25, 0.3) is 0 Å². The lowest BCUT2D eigenvalue weighted by Crippen LogP contribution is -2.36. The summed E-state index contributed by atoms with van der Waals surface area (Å²) in [5.74, 6) is 1.78. The summed E-state index contributed by atoms with van der Waals surface area (Å²) in [7, 11) is 1.91. The quantitative estimate of drug-likeness (QED) is 0.790. The molecule has 124 valence electrons. The van der Waals surface area contributed by atoms with E-state index in [1.807, 2.05) is 55.3 Å². The number of hydrogen-bond acceptors (Lipinski definition) is 3. The molecule has 0 saturated carbocycles. The summed E-state index contributed by atoms with van der Waals surface area (Å²) in [6, 6.07) is 12.0. The number of rotatable bonds is 7. The monoisotopic (exact) mass is 378 g/mol. The molecule has 1 heterocycles. The van der Waals surface area contributed by atoms with Crippen molar-refractivity contribution in [3.63, 3.8) is 0 Å². The molecule has 0 spiro atoms. The number of carbonyl (C=O) groups is 1. The van der Waals surface area contributed by atoms with Crippen molar-refractivity contribution < 1.29 is 9.21 Å². The zero-order chi connectivity index (χ0) is 16.8. The largest absolute Gasteiger partial charge is 0.465 e. The zero-order valence-corrected chi connectivity index (χ0v) is 15.4. The molecule has 0 aliphatic rings. The molecule has 23 heavy (non-hydrogen) atoms. The van der Waals surface area contributed by atoms with Crippen LogP contribution in [0.3, 0.4) is 0 Å². The second-order valence-electron chi connectivity index (χ2n) is 5.76. The minimum Gasteiger partial charge on any atom is -0.465 e. The summed E-state index contributed by atoms with van der Waals surface area (Å²) in [5.41, 5.74) is 1.12. The standard InChI is InChI=1S/C18H23BrN2O2/c1-4-17(14-6-8-15(19)9-7-14)20-18(22)12-21(3)11-16-10-5-13(2)23-16/h5-10,17H,4,11-12H2,1-3H3,(H,20,22). The number of benzene rings is 1. The minimum absolute atomic E-state index is 0.0190. The van der Waals surface area contributed by atoms with E-state index in [1.165, 1.54) is 0 Å². The van der Waals surface area contributed by atoms with Gasteiger partial charge in [0.15, 0.2) is 0 Å². The molecule has 1 amide bonds. The molecule has 0 fully saturated rings. The Kier molecular flexibility index (Phi) is 6.42. The van der Waals surface area contributed by atoms with E-state index in [0.717, 1.165) is 28.0 Å². The van der Waals surface area contributed by atoms with Crippen LogP contribution in [0.2, 0.25) is 0 Å². The number of likely N-dealkylation sites (N-methyl/N-ethyl adjacent to an activating group) is 1. The number of hydrogen-bond donors (Lipinski definition) is 1. The molecule has 1 aromatic heterocycles. The molecular weight excluding hydrogens is 356 g/mol. The Labute approximate surface area is 146 Å². The van der Waals surface area contributed by atoms with Crippen molar-refractivity contribution in [1.82, 2.24) is 10.2 Å². The van der Waals surface area contributed by atoms with Crippen LogP contribution in [0.4, 0.5) is 0 Å². The summed E-state index contributed by atoms with van der Waals surface area (Å²) in [6.07, 6.45) is 0.856. The molecule has 1 aromatic carbocycles.